The van der Waals surface area contributed by atoms with Gasteiger partial charge in [0.2, 0.25) is 0 Å². The molecule has 3 aromatic rings. The number of rotatable bonds is 5. The minimum atomic E-state index is 0.0752. The SMILES string of the molecule is C=CCc1ccccc1C=O.O=C(c1ccccc1)c1ccccc1. The van der Waals surface area contributed by atoms with Gasteiger partial charge in [-0.3, -0.25) is 9.59 Å². The summed E-state index contributed by atoms with van der Waals surface area (Å²) in [5, 5.41) is 0. The Morgan fingerprint density at radius 3 is 1.72 bits per heavy atom. The highest BCUT2D eigenvalue weighted by Crippen LogP contribution is 2.08. The fourth-order valence-corrected chi connectivity index (χ4v) is 2.34. The normalized spacial score (nSPS) is 9.44. The molecule has 0 spiro atoms. The minimum absolute atomic E-state index is 0.0752. The average molecular weight is 328 g/mol. The van der Waals surface area contributed by atoms with Crippen LogP contribution in [0.2, 0.25) is 0 Å². The van der Waals surface area contributed by atoms with Crippen molar-refractivity contribution in [3.63, 3.8) is 0 Å². The van der Waals surface area contributed by atoms with Crippen molar-refractivity contribution in [2.75, 3.05) is 0 Å². The monoisotopic (exact) mass is 328 g/mol. The van der Waals surface area contributed by atoms with Crippen LogP contribution in [0.3, 0.4) is 0 Å². The van der Waals surface area contributed by atoms with Gasteiger partial charge in [0.1, 0.15) is 6.29 Å². The summed E-state index contributed by atoms with van der Waals surface area (Å²) in [5.41, 5.74) is 3.27. The van der Waals surface area contributed by atoms with Crippen LogP contribution in [-0.2, 0) is 6.42 Å². The van der Waals surface area contributed by atoms with E-state index in [0.29, 0.717) is 0 Å². The third kappa shape index (κ3) is 5.40. The van der Waals surface area contributed by atoms with Crippen LogP contribution >= 0.6 is 0 Å². The van der Waals surface area contributed by atoms with Crippen LogP contribution in [0.5, 0.6) is 0 Å². The first-order chi connectivity index (χ1) is 12.3. The Morgan fingerprint density at radius 1 is 0.760 bits per heavy atom. The van der Waals surface area contributed by atoms with Crippen LogP contribution in [-0.4, -0.2) is 12.1 Å². The Hall–Kier alpha value is -3.26. The van der Waals surface area contributed by atoms with Crippen molar-refractivity contribution in [2.24, 2.45) is 0 Å². The van der Waals surface area contributed by atoms with Gasteiger partial charge in [-0.05, 0) is 12.0 Å². The molecule has 25 heavy (non-hydrogen) atoms. The lowest BCUT2D eigenvalue weighted by Gasteiger charge is -1.99. The molecule has 0 bridgehead atoms. The van der Waals surface area contributed by atoms with E-state index in [1.165, 1.54) is 0 Å². The molecule has 0 aliphatic rings. The van der Waals surface area contributed by atoms with Crippen LogP contribution in [0.4, 0.5) is 0 Å². The summed E-state index contributed by atoms with van der Waals surface area (Å²) in [6, 6.07) is 26.1. The number of aldehydes is 1. The molecule has 0 heterocycles. The molecular weight excluding hydrogens is 308 g/mol. The van der Waals surface area contributed by atoms with Gasteiger partial charge in [0.25, 0.3) is 0 Å². The van der Waals surface area contributed by atoms with Crippen LogP contribution in [0.1, 0.15) is 31.8 Å². The summed E-state index contributed by atoms with van der Waals surface area (Å²) in [5.74, 6) is 0.0752. The van der Waals surface area contributed by atoms with Gasteiger partial charge >= 0.3 is 0 Å². The Balaban J connectivity index is 0.000000186. The highest BCUT2D eigenvalue weighted by Gasteiger charge is 2.06. The van der Waals surface area contributed by atoms with Gasteiger partial charge in [-0.1, -0.05) is 91.0 Å². The molecule has 0 saturated carbocycles. The van der Waals surface area contributed by atoms with Crippen molar-refractivity contribution in [3.8, 4) is 0 Å². The molecule has 0 atom stereocenters. The zero-order valence-corrected chi connectivity index (χ0v) is 14.0. The van der Waals surface area contributed by atoms with Crippen molar-refractivity contribution in [3.05, 3.63) is 120 Å². The van der Waals surface area contributed by atoms with E-state index in [2.05, 4.69) is 6.58 Å². The number of hydrogen-bond donors (Lipinski definition) is 0. The van der Waals surface area contributed by atoms with E-state index in [-0.39, 0.29) is 5.78 Å². The molecule has 0 N–H and O–H groups in total. The molecule has 0 fully saturated rings. The molecule has 0 amide bonds. The molecule has 2 nitrogen and oxygen atoms in total. The van der Waals surface area contributed by atoms with Gasteiger partial charge in [0.05, 0.1) is 0 Å². The lowest BCUT2D eigenvalue weighted by molar-refractivity contribution is 0.103. The summed E-state index contributed by atoms with van der Waals surface area (Å²) in [4.78, 5) is 22.3. The molecule has 0 radical (unpaired) electrons. The van der Waals surface area contributed by atoms with Gasteiger partial charge in [0, 0.05) is 16.7 Å². The first-order valence-electron chi connectivity index (χ1n) is 8.05. The summed E-state index contributed by atoms with van der Waals surface area (Å²) >= 11 is 0. The highest BCUT2D eigenvalue weighted by molar-refractivity contribution is 6.08. The second-order valence-corrected chi connectivity index (χ2v) is 5.37. The Kier molecular flexibility index (Phi) is 7.08. The van der Waals surface area contributed by atoms with Gasteiger partial charge in [0.15, 0.2) is 5.78 Å². The molecule has 0 unspecified atom stereocenters. The van der Waals surface area contributed by atoms with Gasteiger partial charge in [-0.15, -0.1) is 6.58 Å². The predicted octanol–water partition coefficient (Wildman–Crippen LogP) is 5.15. The maximum absolute atomic E-state index is 11.8. The van der Waals surface area contributed by atoms with Crippen molar-refractivity contribution in [1.29, 1.82) is 0 Å². The quantitative estimate of drug-likeness (QED) is 0.369. The number of benzene rings is 3. The second-order valence-electron chi connectivity index (χ2n) is 5.37. The van der Waals surface area contributed by atoms with Crippen LogP contribution in [0, 0.1) is 0 Å². The van der Waals surface area contributed by atoms with Crippen LogP contribution in [0.15, 0.2) is 97.6 Å². The summed E-state index contributed by atoms with van der Waals surface area (Å²) in [6.45, 7) is 3.62. The molecule has 0 aromatic heterocycles. The Morgan fingerprint density at radius 2 is 1.24 bits per heavy atom. The first-order valence-corrected chi connectivity index (χ1v) is 8.05. The maximum Gasteiger partial charge on any atom is 0.193 e. The zero-order valence-electron chi connectivity index (χ0n) is 14.0. The number of carbonyl (C=O) groups excluding carboxylic acids is 2. The average Bonchev–Trinajstić information content (AvgIpc) is 2.70. The van der Waals surface area contributed by atoms with Crippen molar-refractivity contribution < 1.29 is 9.59 Å². The lowest BCUT2D eigenvalue weighted by Crippen LogP contribution is -1.99. The van der Waals surface area contributed by atoms with Gasteiger partial charge in [-0.25, -0.2) is 0 Å². The zero-order chi connectivity index (χ0) is 17.9. The third-order valence-electron chi connectivity index (χ3n) is 3.62. The number of ketones is 1. The molecular formula is C23H20O2. The van der Waals surface area contributed by atoms with E-state index in [4.69, 9.17) is 0 Å². The molecule has 0 saturated heterocycles. The largest absolute Gasteiger partial charge is 0.298 e. The summed E-state index contributed by atoms with van der Waals surface area (Å²) < 4.78 is 0. The topological polar surface area (TPSA) is 34.1 Å². The molecule has 0 aliphatic heterocycles. The van der Waals surface area contributed by atoms with E-state index in [1.54, 1.807) is 6.08 Å². The van der Waals surface area contributed by atoms with Gasteiger partial charge in [-0.2, -0.15) is 0 Å². The summed E-state index contributed by atoms with van der Waals surface area (Å²) in [7, 11) is 0. The Bertz CT molecular complexity index is 779. The van der Waals surface area contributed by atoms with E-state index in [0.717, 1.165) is 35.0 Å². The molecule has 124 valence electrons. The van der Waals surface area contributed by atoms with Gasteiger partial charge < -0.3 is 0 Å². The van der Waals surface area contributed by atoms with E-state index in [1.807, 2.05) is 84.9 Å². The predicted molar refractivity (Wildman–Crippen MR) is 102 cm³/mol. The molecule has 3 rings (SSSR count). The fourth-order valence-electron chi connectivity index (χ4n) is 2.34. The Labute approximate surface area is 148 Å². The smallest absolute Gasteiger partial charge is 0.193 e. The van der Waals surface area contributed by atoms with Crippen molar-refractivity contribution in [2.45, 2.75) is 6.42 Å². The van der Waals surface area contributed by atoms with E-state index in [9.17, 15) is 9.59 Å². The molecule has 0 aliphatic carbocycles. The number of allylic oxidation sites excluding steroid dienone is 1. The number of hydrogen-bond acceptors (Lipinski definition) is 2. The van der Waals surface area contributed by atoms with E-state index < -0.39 is 0 Å². The minimum Gasteiger partial charge on any atom is -0.298 e. The summed E-state index contributed by atoms with van der Waals surface area (Å²) in [6.07, 6.45) is 3.43. The highest BCUT2D eigenvalue weighted by atomic mass is 16.1. The third-order valence-corrected chi connectivity index (χ3v) is 3.62. The van der Waals surface area contributed by atoms with Crippen LogP contribution < -0.4 is 0 Å². The molecule has 2 heteroatoms. The lowest BCUT2D eigenvalue weighted by atomic mass is 10.0. The standard InChI is InChI=1S/C13H10O.C10H10O/c14-13(11-7-3-1-4-8-11)12-9-5-2-6-10-12;1-2-5-9-6-3-4-7-10(9)8-11/h1-10H;2-4,6-8H,1,5H2. The molecule has 3 aromatic carbocycles. The second kappa shape index (κ2) is 9.78. The van der Waals surface area contributed by atoms with E-state index >= 15 is 0 Å². The fraction of sp³-hybridized carbons (Fsp3) is 0.0435. The maximum atomic E-state index is 11.8. The number of carbonyl (C=O) groups is 2. The van der Waals surface area contributed by atoms with Crippen molar-refractivity contribution in [1.82, 2.24) is 0 Å². The van der Waals surface area contributed by atoms with Crippen molar-refractivity contribution >= 4 is 12.1 Å². The van der Waals surface area contributed by atoms with Crippen LogP contribution in [0.25, 0.3) is 0 Å². The first kappa shape index (κ1) is 18.1.